The summed E-state index contributed by atoms with van der Waals surface area (Å²) >= 11 is 0. The summed E-state index contributed by atoms with van der Waals surface area (Å²) in [6.45, 7) is 2.82. The SMILES string of the molecule is CCCCN=C1C=CNN(F)N1. The van der Waals surface area contributed by atoms with Crippen molar-refractivity contribution in [2.24, 2.45) is 4.99 Å². The van der Waals surface area contributed by atoms with Crippen molar-refractivity contribution in [3.05, 3.63) is 12.3 Å². The number of nitrogens with one attached hydrogen (secondary N) is 2. The van der Waals surface area contributed by atoms with E-state index in [1.807, 2.05) is 0 Å². The molecule has 0 radical (unpaired) electrons. The predicted molar refractivity (Wildman–Crippen MR) is 45.6 cm³/mol. The molecule has 0 unspecified atom stereocenters. The maximum absolute atomic E-state index is 12.4. The molecule has 0 aromatic carbocycles. The van der Waals surface area contributed by atoms with Gasteiger partial charge in [0, 0.05) is 18.1 Å². The smallest absolute Gasteiger partial charge is 0.140 e. The Hall–Kier alpha value is -1.10. The van der Waals surface area contributed by atoms with Crippen LogP contribution in [0.25, 0.3) is 0 Å². The molecule has 1 aliphatic heterocycles. The predicted octanol–water partition coefficient (Wildman–Crippen LogP) is 0.908. The first-order valence-electron chi connectivity index (χ1n) is 4.02. The fraction of sp³-hybridized carbons (Fsp3) is 0.571. The Kier molecular flexibility index (Phi) is 3.53. The van der Waals surface area contributed by atoms with Crippen LogP contribution in [0, 0.1) is 0 Å². The standard InChI is InChI=1S/C7H13FN4/c1-2-3-5-9-7-4-6-10-12(8)11-7/h4,6,10H,2-3,5H2,1H3,(H,9,11). The van der Waals surface area contributed by atoms with Gasteiger partial charge in [-0.25, -0.2) is 0 Å². The molecule has 68 valence electrons. The molecule has 0 bridgehead atoms. The van der Waals surface area contributed by atoms with Gasteiger partial charge in [-0.2, -0.15) is 0 Å². The molecule has 0 fully saturated rings. The Morgan fingerprint density at radius 2 is 2.50 bits per heavy atom. The van der Waals surface area contributed by atoms with Gasteiger partial charge in [-0.3, -0.25) is 15.8 Å². The second-order valence-corrected chi connectivity index (χ2v) is 2.48. The number of hydrazine groups is 2. The molecule has 0 aromatic rings. The molecule has 12 heavy (non-hydrogen) atoms. The molecule has 0 amide bonds. The summed E-state index contributed by atoms with van der Waals surface area (Å²) in [6.07, 6.45) is 5.30. The lowest BCUT2D eigenvalue weighted by molar-refractivity contribution is -0.0485. The number of halogens is 1. The maximum atomic E-state index is 12.4. The molecule has 1 aliphatic rings. The zero-order chi connectivity index (χ0) is 8.81. The number of unbranched alkanes of at least 4 members (excludes halogenated alkanes) is 1. The Labute approximate surface area is 71.0 Å². The van der Waals surface area contributed by atoms with Gasteiger partial charge in [-0.1, -0.05) is 17.8 Å². The van der Waals surface area contributed by atoms with Gasteiger partial charge in [-0.15, -0.1) is 0 Å². The normalized spacial score (nSPS) is 20.7. The minimum Gasteiger partial charge on any atom is -0.280 e. The Morgan fingerprint density at radius 1 is 1.67 bits per heavy atom. The first-order valence-corrected chi connectivity index (χ1v) is 4.02. The van der Waals surface area contributed by atoms with Gasteiger partial charge < -0.3 is 0 Å². The lowest BCUT2D eigenvalue weighted by Crippen LogP contribution is -2.45. The second kappa shape index (κ2) is 4.71. The second-order valence-electron chi connectivity index (χ2n) is 2.48. The first-order chi connectivity index (χ1) is 5.83. The highest BCUT2D eigenvalue weighted by Crippen LogP contribution is 1.92. The zero-order valence-corrected chi connectivity index (χ0v) is 7.05. The summed E-state index contributed by atoms with van der Waals surface area (Å²) in [5.74, 6) is 0.546. The summed E-state index contributed by atoms with van der Waals surface area (Å²) in [4.78, 5) is 4.12. The topological polar surface area (TPSA) is 39.7 Å². The highest BCUT2D eigenvalue weighted by molar-refractivity contribution is 5.92. The molecule has 1 rings (SSSR count). The Bertz CT molecular complexity index is 190. The summed E-state index contributed by atoms with van der Waals surface area (Å²) in [7, 11) is 0. The molecule has 0 aliphatic carbocycles. The third-order valence-corrected chi connectivity index (χ3v) is 1.44. The van der Waals surface area contributed by atoms with Crippen LogP contribution >= 0.6 is 0 Å². The third-order valence-electron chi connectivity index (χ3n) is 1.44. The van der Waals surface area contributed by atoms with Gasteiger partial charge in [0.05, 0.1) is 0 Å². The van der Waals surface area contributed by atoms with E-state index in [0.29, 0.717) is 5.84 Å². The number of hydrogen-bond donors (Lipinski definition) is 2. The molecule has 2 N–H and O–H groups in total. The van der Waals surface area contributed by atoms with E-state index in [0.717, 1.165) is 19.4 Å². The lowest BCUT2D eigenvalue weighted by atomic mass is 10.3. The highest BCUT2D eigenvalue weighted by Gasteiger charge is 2.05. The quantitative estimate of drug-likeness (QED) is 0.491. The molecule has 1 heterocycles. The summed E-state index contributed by atoms with van der Waals surface area (Å²) in [6, 6.07) is 0. The fourth-order valence-electron chi connectivity index (χ4n) is 0.797. The van der Waals surface area contributed by atoms with Gasteiger partial charge in [0.15, 0.2) is 0 Å². The van der Waals surface area contributed by atoms with Crippen LogP contribution in [0.2, 0.25) is 0 Å². The molecular weight excluding hydrogens is 159 g/mol. The van der Waals surface area contributed by atoms with Crippen LogP contribution in [-0.4, -0.2) is 17.7 Å². The Morgan fingerprint density at radius 3 is 3.17 bits per heavy atom. The molecule has 0 saturated carbocycles. The van der Waals surface area contributed by atoms with Crippen LogP contribution in [0.3, 0.4) is 0 Å². The van der Waals surface area contributed by atoms with Crippen LogP contribution in [0.15, 0.2) is 17.3 Å². The van der Waals surface area contributed by atoms with E-state index >= 15 is 0 Å². The van der Waals surface area contributed by atoms with Crippen molar-refractivity contribution in [2.75, 3.05) is 6.54 Å². The van der Waals surface area contributed by atoms with Gasteiger partial charge in [0.2, 0.25) is 0 Å². The number of aliphatic imine (C=N–C) groups is 1. The van der Waals surface area contributed by atoms with E-state index in [2.05, 4.69) is 22.8 Å². The number of hydrogen-bond acceptors (Lipinski definition) is 3. The number of nitrogens with zero attached hydrogens (tertiary/aromatic N) is 2. The van der Waals surface area contributed by atoms with E-state index in [1.165, 1.54) is 6.20 Å². The Balaban J connectivity index is 2.35. The van der Waals surface area contributed by atoms with Crippen molar-refractivity contribution in [3.63, 3.8) is 0 Å². The summed E-state index contributed by atoms with van der Waals surface area (Å²) in [5.41, 5.74) is 4.69. The van der Waals surface area contributed by atoms with Gasteiger partial charge in [-0.05, 0) is 12.5 Å². The number of rotatable bonds is 3. The van der Waals surface area contributed by atoms with Gasteiger partial charge in [0.25, 0.3) is 0 Å². The van der Waals surface area contributed by atoms with Crippen LogP contribution in [0.5, 0.6) is 0 Å². The minimum atomic E-state index is 0.269. The van der Waals surface area contributed by atoms with Crippen molar-refractivity contribution in [1.82, 2.24) is 16.2 Å². The molecular formula is C7H13FN4. The molecule has 5 heteroatoms. The van der Waals surface area contributed by atoms with Crippen molar-refractivity contribution in [1.29, 1.82) is 0 Å². The van der Waals surface area contributed by atoms with E-state index < -0.39 is 0 Å². The van der Waals surface area contributed by atoms with Gasteiger partial charge in [0.1, 0.15) is 5.84 Å². The van der Waals surface area contributed by atoms with E-state index in [9.17, 15) is 4.48 Å². The average Bonchev–Trinajstić information content (AvgIpc) is 2.05. The minimum absolute atomic E-state index is 0.269. The van der Waals surface area contributed by atoms with E-state index in [-0.39, 0.29) is 5.34 Å². The molecule has 0 spiro atoms. The summed E-state index contributed by atoms with van der Waals surface area (Å²) in [5, 5.41) is 0.269. The van der Waals surface area contributed by atoms with E-state index in [1.54, 1.807) is 6.08 Å². The summed E-state index contributed by atoms with van der Waals surface area (Å²) < 4.78 is 12.4. The van der Waals surface area contributed by atoms with Crippen molar-refractivity contribution < 1.29 is 4.48 Å². The fourth-order valence-corrected chi connectivity index (χ4v) is 0.797. The lowest BCUT2D eigenvalue weighted by Gasteiger charge is -2.17. The van der Waals surface area contributed by atoms with Crippen molar-refractivity contribution in [3.8, 4) is 0 Å². The van der Waals surface area contributed by atoms with Crippen LogP contribution < -0.4 is 10.9 Å². The monoisotopic (exact) mass is 172 g/mol. The molecule has 0 saturated heterocycles. The first kappa shape index (κ1) is 8.99. The van der Waals surface area contributed by atoms with E-state index in [4.69, 9.17) is 0 Å². The molecule has 0 aromatic heterocycles. The zero-order valence-electron chi connectivity index (χ0n) is 7.05. The van der Waals surface area contributed by atoms with Crippen molar-refractivity contribution in [2.45, 2.75) is 19.8 Å². The largest absolute Gasteiger partial charge is 0.280 e. The van der Waals surface area contributed by atoms with Crippen LogP contribution in [0.4, 0.5) is 4.48 Å². The highest BCUT2D eigenvalue weighted by atomic mass is 19.2. The van der Waals surface area contributed by atoms with Crippen molar-refractivity contribution >= 4 is 5.84 Å². The van der Waals surface area contributed by atoms with Crippen LogP contribution in [0.1, 0.15) is 19.8 Å². The maximum Gasteiger partial charge on any atom is 0.140 e. The van der Waals surface area contributed by atoms with Gasteiger partial charge >= 0.3 is 0 Å². The van der Waals surface area contributed by atoms with Crippen LogP contribution in [-0.2, 0) is 0 Å². The third kappa shape index (κ3) is 2.87. The average molecular weight is 172 g/mol. The number of amidine groups is 1. The molecule has 0 atom stereocenters. The molecule has 4 nitrogen and oxygen atoms in total.